The molecule has 0 saturated carbocycles. The first kappa shape index (κ1) is 18.8. The largest absolute Gasteiger partial charge is 0.493 e. The van der Waals surface area contributed by atoms with Crippen LogP contribution < -0.4 is 15.0 Å². The van der Waals surface area contributed by atoms with Gasteiger partial charge in [-0.1, -0.05) is 34.1 Å². The van der Waals surface area contributed by atoms with Crippen molar-refractivity contribution in [1.29, 1.82) is 0 Å². The number of nitrogens with zero attached hydrogens (tertiary/aromatic N) is 1. The minimum Gasteiger partial charge on any atom is -0.493 e. The fourth-order valence-corrected chi connectivity index (χ4v) is 3.26. The maximum Gasteiger partial charge on any atom is 0.335 e. The molecule has 0 bridgehead atoms. The van der Waals surface area contributed by atoms with Crippen molar-refractivity contribution >= 4 is 45.5 Å². The van der Waals surface area contributed by atoms with Gasteiger partial charge in [0.25, 0.3) is 11.8 Å². The van der Waals surface area contributed by atoms with Crippen molar-refractivity contribution in [3.63, 3.8) is 0 Å². The Hall–Kier alpha value is -2.93. The van der Waals surface area contributed by atoms with E-state index in [0.29, 0.717) is 23.6 Å². The summed E-state index contributed by atoms with van der Waals surface area (Å²) in [4.78, 5) is 38.6. The first-order valence-corrected chi connectivity index (χ1v) is 9.11. The highest BCUT2D eigenvalue weighted by Crippen LogP contribution is 2.28. The first-order chi connectivity index (χ1) is 12.9. The molecular weight excluding hydrogens is 412 g/mol. The smallest absolute Gasteiger partial charge is 0.335 e. The molecule has 0 unspecified atom stereocenters. The zero-order valence-electron chi connectivity index (χ0n) is 14.8. The third-order valence-corrected chi connectivity index (χ3v) is 4.51. The number of carbonyl (C=O) groups excluding carboxylic acids is 3. The third kappa shape index (κ3) is 3.78. The Morgan fingerprint density at radius 3 is 2.59 bits per heavy atom. The van der Waals surface area contributed by atoms with Crippen LogP contribution in [0.1, 0.15) is 18.1 Å². The van der Waals surface area contributed by atoms with Crippen molar-refractivity contribution < 1.29 is 19.1 Å². The number of ether oxygens (including phenoxy) is 1. The number of aryl methyl sites for hydroxylation is 1. The van der Waals surface area contributed by atoms with Crippen LogP contribution in [-0.2, 0) is 9.59 Å². The predicted molar refractivity (Wildman–Crippen MR) is 105 cm³/mol. The molecule has 0 aliphatic carbocycles. The van der Waals surface area contributed by atoms with Crippen LogP contribution in [0.15, 0.2) is 52.5 Å². The zero-order valence-corrected chi connectivity index (χ0v) is 16.4. The molecule has 27 heavy (non-hydrogen) atoms. The molecule has 2 aromatic rings. The second kappa shape index (κ2) is 7.75. The van der Waals surface area contributed by atoms with Crippen LogP contribution in [0.3, 0.4) is 0 Å². The normalized spacial score (nSPS) is 15.9. The number of anilines is 1. The molecular formula is C20H17BrN2O4. The summed E-state index contributed by atoms with van der Waals surface area (Å²) in [5, 5.41) is 2.23. The van der Waals surface area contributed by atoms with Crippen LogP contribution >= 0.6 is 15.9 Å². The van der Waals surface area contributed by atoms with E-state index in [-0.39, 0.29) is 5.57 Å². The van der Waals surface area contributed by atoms with Crippen molar-refractivity contribution in [2.45, 2.75) is 13.8 Å². The molecule has 1 fully saturated rings. The molecule has 1 aliphatic heterocycles. The van der Waals surface area contributed by atoms with Crippen LogP contribution in [0.25, 0.3) is 6.08 Å². The Morgan fingerprint density at radius 2 is 1.89 bits per heavy atom. The summed E-state index contributed by atoms with van der Waals surface area (Å²) in [5.41, 5.74) is 1.58. The standard InChI is InChI=1S/C20H17BrN2O4/c1-3-27-17-7-5-4-6-13(17)11-15-18(24)22-20(26)23(19(15)25)16-9-8-14(21)10-12(16)2/h4-11H,3H2,1-2H3,(H,22,24,26)/b15-11-. The summed E-state index contributed by atoms with van der Waals surface area (Å²) >= 11 is 3.36. The molecule has 0 aromatic heterocycles. The van der Waals surface area contributed by atoms with Crippen LogP contribution in [0.4, 0.5) is 10.5 Å². The number of para-hydroxylation sites is 1. The number of imide groups is 2. The second-order valence-electron chi connectivity index (χ2n) is 5.86. The zero-order chi connectivity index (χ0) is 19.6. The van der Waals surface area contributed by atoms with E-state index in [1.54, 1.807) is 49.4 Å². The van der Waals surface area contributed by atoms with Gasteiger partial charge in [-0.3, -0.25) is 14.9 Å². The summed E-state index contributed by atoms with van der Waals surface area (Å²) < 4.78 is 6.37. The van der Waals surface area contributed by atoms with E-state index in [1.165, 1.54) is 6.08 Å². The average molecular weight is 429 g/mol. The average Bonchev–Trinajstić information content (AvgIpc) is 2.62. The predicted octanol–water partition coefficient (Wildman–Crippen LogP) is 3.82. The van der Waals surface area contributed by atoms with Gasteiger partial charge in [0.2, 0.25) is 0 Å². The number of amides is 4. The Labute approximate surface area is 164 Å². The minimum absolute atomic E-state index is 0.135. The Kier molecular flexibility index (Phi) is 5.41. The van der Waals surface area contributed by atoms with Gasteiger partial charge in [-0.25, -0.2) is 9.69 Å². The summed E-state index contributed by atoms with van der Waals surface area (Å²) in [6.07, 6.45) is 1.44. The fourth-order valence-electron chi connectivity index (χ4n) is 2.79. The molecule has 6 nitrogen and oxygen atoms in total. The van der Waals surface area contributed by atoms with Gasteiger partial charge in [0.15, 0.2) is 0 Å². The fraction of sp³-hybridized carbons (Fsp3) is 0.150. The number of halogens is 1. The first-order valence-electron chi connectivity index (χ1n) is 8.31. The van der Waals surface area contributed by atoms with Crippen LogP contribution in [0.2, 0.25) is 0 Å². The maximum absolute atomic E-state index is 13.0. The second-order valence-corrected chi connectivity index (χ2v) is 6.78. The molecule has 1 heterocycles. The highest BCUT2D eigenvalue weighted by molar-refractivity contribution is 9.10. The Bertz CT molecular complexity index is 968. The van der Waals surface area contributed by atoms with Gasteiger partial charge in [0.05, 0.1) is 12.3 Å². The molecule has 0 spiro atoms. The summed E-state index contributed by atoms with van der Waals surface area (Å²) in [7, 11) is 0. The quantitative estimate of drug-likeness (QED) is 0.592. The minimum atomic E-state index is -0.773. The SMILES string of the molecule is CCOc1ccccc1/C=C1/C(=O)NC(=O)N(c2ccc(Br)cc2C)C1=O. The molecule has 3 rings (SSSR count). The number of carbonyl (C=O) groups is 3. The van der Waals surface area contributed by atoms with E-state index < -0.39 is 17.8 Å². The number of barbiturate groups is 1. The molecule has 0 atom stereocenters. The van der Waals surface area contributed by atoms with E-state index in [1.807, 2.05) is 6.92 Å². The lowest BCUT2D eigenvalue weighted by molar-refractivity contribution is -0.122. The lowest BCUT2D eigenvalue weighted by Crippen LogP contribution is -2.54. The molecule has 1 N–H and O–H groups in total. The lowest BCUT2D eigenvalue weighted by Gasteiger charge is -2.27. The van der Waals surface area contributed by atoms with Crippen molar-refractivity contribution in [2.75, 3.05) is 11.5 Å². The van der Waals surface area contributed by atoms with Crippen LogP contribution in [0, 0.1) is 6.92 Å². The van der Waals surface area contributed by atoms with E-state index in [2.05, 4.69) is 21.2 Å². The van der Waals surface area contributed by atoms with Crippen LogP contribution in [-0.4, -0.2) is 24.5 Å². The molecule has 7 heteroatoms. The third-order valence-electron chi connectivity index (χ3n) is 4.02. The molecule has 1 saturated heterocycles. The highest BCUT2D eigenvalue weighted by Gasteiger charge is 2.37. The number of hydrogen-bond donors (Lipinski definition) is 1. The lowest BCUT2D eigenvalue weighted by atomic mass is 10.1. The van der Waals surface area contributed by atoms with E-state index >= 15 is 0 Å². The van der Waals surface area contributed by atoms with Gasteiger partial charge >= 0.3 is 6.03 Å². The highest BCUT2D eigenvalue weighted by atomic mass is 79.9. The number of nitrogens with one attached hydrogen (secondary N) is 1. The number of rotatable bonds is 4. The summed E-state index contributed by atoms with van der Waals surface area (Å²) in [5.74, 6) is -0.862. The molecule has 1 aliphatic rings. The maximum atomic E-state index is 13.0. The number of hydrogen-bond acceptors (Lipinski definition) is 4. The molecule has 138 valence electrons. The van der Waals surface area contributed by atoms with Gasteiger partial charge in [-0.2, -0.15) is 0 Å². The van der Waals surface area contributed by atoms with Crippen molar-refractivity contribution in [3.05, 3.63) is 63.6 Å². The van der Waals surface area contributed by atoms with Crippen molar-refractivity contribution in [1.82, 2.24) is 5.32 Å². The van der Waals surface area contributed by atoms with Crippen LogP contribution in [0.5, 0.6) is 5.75 Å². The van der Waals surface area contributed by atoms with Gasteiger partial charge in [0, 0.05) is 10.0 Å². The molecule has 4 amide bonds. The van der Waals surface area contributed by atoms with Gasteiger partial charge in [0.1, 0.15) is 11.3 Å². The number of benzene rings is 2. The van der Waals surface area contributed by atoms with Crippen molar-refractivity contribution in [2.24, 2.45) is 0 Å². The molecule has 2 aromatic carbocycles. The topological polar surface area (TPSA) is 75.7 Å². The van der Waals surface area contributed by atoms with E-state index in [4.69, 9.17) is 4.74 Å². The van der Waals surface area contributed by atoms with Gasteiger partial charge < -0.3 is 4.74 Å². The van der Waals surface area contributed by atoms with Crippen molar-refractivity contribution in [3.8, 4) is 5.75 Å². The van der Waals surface area contributed by atoms with Gasteiger partial charge in [-0.05, 0) is 49.8 Å². The number of urea groups is 1. The Morgan fingerprint density at radius 1 is 1.15 bits per heavy atom. The molecule has 0 radical (unpaired) electrons. The van der Waals surface area contributed by atoms with E-state index in [0.717, 1.165) is 14.9 Å². The van der Waals surface area contributed by atoms with E-state index in [9.17, 15) is 14.4 Å². The van der Waals surface area contributed by atoms with Gasteiger partial charge in [-0.15, -0.1) is 0 Å². The summed E-state index contributed by atoms with van der Waals surface area (Å²) in [6, 6.07) is 11.5. The monoisotopic (exact) mass is 428 g/mol. The summed E-state index contributed by atoms with van der Waals surface area (Å²) in [6.45, 7) is 4.08. The Balaban J connectivity index is 2.05.